The monoisotopic (exact) mass is 259 g/mol. The van der Waals surface area contributed by atoms with Gasteiger partial charge in [-0.3, -0.25) is 9.59 Å². The van der Waals surface area contributed by atoms with Crippen LogP contribution in [0.15, 0.2) is 55.6 Å². The topological polar surface area (TPSA) is 55.4 Å². The zero-order valence-electron chi connectivity index (χ0n) is 10.7. The second-order valence-electron chi connectivity index (χ2n) is 3.81. The Morgan fingerprint density at radius 1 is 1.21 bits per heavy atom. The fourth-order valence-electron chi connectivity index (χ4n) is 1.46. The number of hydrogen-bond acceptors (Lipinski definition) is 3. The van der Waals surface area contributed by atoms with E-state index >= 15 is 0 Å². The van der Waals surface area contributed by atoms with Crippen LogP contribution >= 0.6 is 0 Å². The van der Waals surface area contributed by atoms with Gasteiger partial charge in [0.1, 0.15) is 0 Å². The first-order valence-corrected chi connectivity index (χ1v) is 5.93. The molecule has 0 radical (unpaired) electrons. The highest BCUT2D eigenvalue weighted by atomic mass is 16.5. The van der Waals surface area contributed by atoms with Gasteiger partial charge in [0, 0.05) is 12.1 Å². The molecule has 0 spiro atoms. The van der Waals surface area contributed by atoms with Crippen LogP contribution in [0.25, 0.3) is 0 Å². The Balaban J connectivity index is 2.84. The van der Waals surface area contributed by atoms with Crippen molar-refractivity contribution in [3.05, 3.63) is 61.2 Å². The molecule has 0 aliphatic carbocycles. The van der Waals surface area contributed by atoms with Crippen LogP contribution in [-0.2, 0) is 14.3 Å². The Bertz CT molecular complexity index is 454. The fourth-order valence-corrected chi connectivity index (χ4v) is 1.46. The van der Waals surface area contributed by atoms with E-state index in [1.807, 2.05) is 6.07 Å². The van der Waals surface area contributed by atoms with Crippen LogP contribution in [0.3, 0.4) is 0 Å². The maximum absolute atomic E-state index is 12.0. The summed E-state index contributed by atoms with van der Waals surface area (Å²) in [4.78, 5) is 23.5. The lowest BCUT2D eigenvalue weighted by Gasteiger charge is -2.17. The number of benzene rings is 1. The molecule has 1 rings (SSSR count). The van der Waals surface area contributed by atoms with E-state index in [1.165, 1.54) is 6.08 Å². The molecule has 0 aromatic heterocycles. The molecular formula is C15H17NO3. The normalized spacial score (nSPS) is 11.2. The third-order valence-corrected chi connectivity index (χ3v) is 2.32. The quantitative estimate of drug-likeness (QED) is 0.603. The molecule has 4 nitrogen and oxygen atoms in total. The van der Waals surface area contributed by atoms with E-state index in [0.717, 1.165) is 0 Å². The summed E-state index contributed by atoms with van der Waals surface area (Å²) in [7, 11) is 0. The minimum atomic E-state index is -0.950. The molecule has 4 heteroatoms. The summed E-state index contributed by atoms with van der Waals surface area (Å²) >= 11 is 0. The van der Waals surface area contributed by atoms with Crippen molar-refractivity contribution in [1.29, 1.82) is 0 Å². The van der Waals surface area contributed by atoms with Crippen LogP contribution in [0.1, 0.15) is 18.1 Å². The lowest BCUT2D eigenvalue weighted by atomic mass is 10.1. The predicted molar refractivity (Wildman–Crippen MR) is 73.3 cm³/mol. The van der Waals surface area contributed by atoms with Gasteiger partial charge in [-0.1, -0.05) is 42.5 Å². The number of nitrogens with one attached hydrogen (secondary N) is 1. The molecule has 1 unspecified atom stereocenters. The van der Waals surface area contributed by atoms with Crippen LogP contribution in [0.5, 0.6) is 0 Å². The van der Waals surface area contributed by atoms with Gasteiger partial charge in [0.15, 0.2) is 0 Å². The Labute approximate surface area is 112 Å². The Hall–Kier alpha value is -2.36. The van der Waals surface area contributed by atoms with Gasteiger partial charge >= 0.3 is 5.97 Å². The van der Waals surface area contributed by atoms with E-state index in [9.17, 15) is 9.59 Å². The van der Waals surface area contributed by atoms with Crippen molar-refractivity contribution in [3.63, 3.8) is 0 Å². The first-order chi connectivity index (χ1) is 9.19. The molecule has 0 aliphatic rings. The van der Waals surface area contributed by atoms with Crippen molar-refractivity contribution in [3.8, 4) is 0 Å². The summed E-state index contributed by atoms with van der Waals surface area (Å²) in [6.45, 7) is 7.30. The second kappa shape index (κ2) is 7.87. The lowest BCUT2D eigenvalue weighted by Crippen LogP contribution is -2.32. The van der Waals surface area contributed by atoms with Gasteiger partial charge in [-0.25, -0.2) is 0 Å². The van der Waals surface area contributed by atoms with E-state index in [4.69, 9.17) is 4.74 Å². The summed E-state index contributed by atoms with van der Waals surface area (Å²) in [5.41, 5.74) is 0.626. The average Bonchev–Trinajstić information content (AvgIpc) is 2.43. The Morgan fingerprint density at radius 2 is 1.89 bits per heavy atom. The number of carbonyl (C=O) groups excluding carboxylic acids is 2. The van der Waals surface area contributed by atoms with Crippen molar-refractivity contribution in [2.24, 2.45) is 0 Å². The second-order valence-corrected chi connectivity index (χ2v) is 3.81. The molecule has 0 heterocycles. The molecule has 1 aromatic carbocycles. The van der Waals surface area contributed by atoms with E-state index in [2.05, 4.69) is 18.5 Å². The SMILES string of the molecule is C=CCNC(=O)C(OC(=O)CC=C)c1ccccc1. The summed E-state index contributed by atoms with van der Waals surface area (Å²) < 4.78 is 5.18. The summed E-state index contributed by atoms with van der Waals surface area (Å²) in [6.07, 6.45) is 2.11. The third kappa shape index (κ3) is 4.79. The van der Waals surface area contributed by atoms with Gasteiger partial charge in [-0.05, 0) is 0 Å². The van der Waals surface area contributed by atoms with Crippen LogP contribution in [-0.4, -0.2) is 18.4 Å². The van der Waals surface area contributed by atoms with Crippen LogP contribution in [0, 0.1) is 0 Å². The van der Waals surface area contributed by atoms with E-state index in [0.29, 0.717) is 12.1 Å². The van der Waals surface area contributed by atoms with Crippen molar-refractivity contribution < 1.29 is 14.3 Å². The van der Waals surface area contributed by atoms with Crippen molar-refractivity contribution in [2.75, 3.05) is 6.54 Å². The van der Waals surface area contributed by atoms with Gasteiger partial charge < -0.3 is 10.1 Å². The lowest BCUT2D eigenvalue weighted by molar-refractivity contribution is -0.155. The van der Waals surface area contributed by atoms with Crippen LogP contribution in [0.2, 0.25) is 0 Å². The van der Waals surface area contributed by atoms with Crippen molar-refractivity contribution in [2.45, 2.75) is 12.5 Å². The van der Waals surface area contributed by atoms with Gasteiger partial charge in [0.25, 0.3) is 5.91 Å². The predicted octanol–water partition coefficient (Wildman–Crippen LogP) is 2.15. The van der Waals surface area contributed by atoms with E-state index in [-0.39, 0.29) is 12.3 Å². The highest BCUT2D eigenvalue weighted by molar-refractivity contribution is 5.85. The van der Waals surface area contributed by atoms with E-state index in [1.54, 1.807) is 30.3 Å². The Morgan fingerprint density at radius 3 is 2.47 bits per heavy atom. The summed E-state index contributed by atoms with van der Waals surface area (Å²) in [5, 5.41) is 2.62. The number of esters is 1. The van der Waals surface area contributed by atoms with Crippen LogP contribution < -0.4 is 5.32 Å². The molecule has 1 N–H and O–H groups in total. The number of ether oxygens (including phenoxy) is 1. The van der Waals surface area contributed by atoms with Gasteiger partial charge in [0.05, 0.1) is 6.42 Å². The zero-order chi connectivity index (χ0) is 14.1. The molecule has 0 fully saturated rings. The molecular weight excluding hydrogens is 242 g/mol. The van der Waals surface area contributed by atoms with Gasteiger partial charge in [-0.2, -0.15) is 0 Å². The van der Waals surface area contributed by atoms with Gasteiger partial charge in [-0.15, -0.1) is 13.2 Å². The molecule has 0 aliphatic heterocycles. The minimum Gasteiger partial charge on any atom is -0.447 e. The maximum Gasteiger partial charge on any atom is 0.310 e. The maximum atomic E-state index is 12.0. The average molecular weight is 259 g/mol. The number of carbonyl (C=O) groups is 2. The summed E-state index contributed by atoms with van der Waals surface area (Å²) in [6, 6.07) is 8.86. The first-order valence-electron chi connectivity index (χ1n) is 5.93. The van der Waals surface area contributed by atoms with Crippen molar-refractivity contribution in [1.82, 2.24) is 5.32 Å². The molecule has 0 saturated carbocycles. The van der Waals surface area contributed by atoms with Crippen LogP contribution in [0.4, 0.5) is 0 Å². The number of hydrogen-bond donors (Lipinski definition) is 1. The number of amides is 1. The van der Waals surface area contributed by atoms with Gasteiger partial charge in [0.2, 0.25) is 6.10 Å². The molecule has 0 saturated heterocycles. The summed E-state index contributed by atoms with van der Waals surface area (Å²) in [5.74, 6) is -0.860. The minimum absolute atomic E-state index is 0.0675. The molecule has 100 valence electrons. The van der Waals surface area contributed by atoms with E-state index < -0.39 is 12.1 Å². The molecule has 1 atom stereocenters. The molecule has 0 bridgehead atoms. The highest BCUT2D eigenvalue weighted by Crippen LogP contribution is 2.18. The highest BCUT2D eigenvalue weighted by Gasteiger charge is 2.23. The molecule has 1 aromatic rings. The Kier molecular flexibility index (Phi) is 6.09. The largest absolute Gasteiger partial charge is 0.447 e. The smallest absolute Gasteiger partial charge is 0.310 e. The first kappa shape index (κ1) is 14.7. The standard InChI is InChI=1S/C15H17NO3/c1-3-8-13(17)19-14(15(18)16-11-4-2)12-9-6-5-7-10-12/h3-7,9-10,14H,1-2,8,11H2,(H,16,18). The zero-order valence-corrected chi connectivity index (χ0v) is 10.7. The number of rotatable bonds is 7. The fraction of sp³-hybridized carbons (Fsp3) is 0.200. The third-order valence-electron chi connectivity index (χ3n) is 2.32. The molecule has 1 amide bonds. The van der Waals surface area contributed by atoms with Crippen molar-refractivity contribution >= 4 is 11.9 Å². The molecule has 19 heavy (non-hydrogen) atoms.